The molecule has 2 N–H and O–H groups in total. The molecule has 0 aliphatic carbocycles. The molecule has 2 aromatic rings. The molecule has 0 aliphatic heterocycles. The van der Waals surface area contributed by atoms with Gasteiger partial charge in [-0.3, -0.25) is 4.98 Å². The van der Waals surface area contributed by atoms with E-state index in [1.54, 1.807) is 12.1 Å². The lowest BCUT2D eigenvalue weighted by atomic mass is 10.0. The summed E-state index contributed by atoms with van der Waals surface area (Å²) in [5.74, 6) is -0.404. The van der Waals surface area contributed by atoms with E-state index >= 15 is 0 Å². The van der Waals surface area contributed by atoms with E-state index in [1.165, 1.54) is 18.3 Å². The average Bonchev–Trinajstić information content (AvgIpc) is 2.31. The van der Waals surface area contributed by atoms with Gasteiger partial charge in [0.05, 0.1) is 21.8 Å². The Bertz CT molecular complexity index is 592. The van der Waals surface area contributed by atoms with Gasteiger partial charge in [-0.05, 0) is 24.3 Å². The van der Waals surface area contributed by atoms with Crippen molar-refractivity contribution in [1.82, 2.24) is 4.98 Å². The highest BCUT2D eigenvalue weighted by Gasteiger charge is 2.18. The maximum Gasteiger partial charge on any atom is 0.128 e. The van der Waals surface area contributed by atoms with Crippen molar-refractivity contribution in [3.05, 3.63) is 62.1 Å². The molecule has 0 saturated heterocycles. The molecule has 94 valence electrons. The zero-order valence-electron chi connectivity index (χ0n) is 9.00. The van der Waals surface area contributed by atoms with Crippen LogP contribution in [0.3, 0.4) is 0 Å². The van der Waals surface area contributed by atoms with Gasteiger partial charge in [0.2, 0.25) is 0 Å². The maximum absolute atomic E-state index is 13.7. The largest absolute Gasteiger partial charge is 0.319 e. The first-order valence-corrected chi connectivity index (χ1v) is 6.55. The Hall–Kier alpha value is -0.680. The zero-order chi connectivity index (χ0) is 13.3. The fourth-order valence-electron chi connectivity index (χ4n) is 1.55. The van der Waals surface area contributed by atoms with Crippen LogP contribution in [0.15, 0.2) is 34.9 Å². The third-order valence-electron chi connectivity index (χ3n) is 2.42. The van der Waals surface area contributed by atoms with Crippen LogP contribution in [0, 0.1) is 5.82 Å². The first-order valence-electron chi connectivity index (χ1n) is 5.00. The van der Waals surface area contributed by atoms with Crippen LogP contribution in [0.4, 0.5) is 4.39 Å². The van der Waals surface area contributed by atoms with Gasteiger partial charge in [0.1, 0.15) is 5.82 Å². The molecule has 1 atom stereocenters. The minimum Gasteiger partial charge on any atom is -0.319 e. The zero-order valence-corrected chi connectivity index (χ0v) is 12.1. The first-order chi connectivity index (χ1) is 8.49. The minimum atomic E-state index is -0.743. The average molecular weight is 350 g/mol. The minimum absolute atomic E-state index is 0.314. The van der Waals surface area contributed by atoms with Crippen LogP contribution in [0.1, 0.15) is 17.3 Å². The number of pyridine rings is 1. The highest BCUT2D eigenvalue weighted by atomic mass is 79.9. The van der Waals surface area contributed by atoms with E-state index in [-0.39, 0.29) is 0 Å². The second-order valence-electron chi connectivity index (χ2n) is 3.66. The molecule has 2 nitrogen and oxygen atoms in total. The number of nitrogens with zero attached hydrogens (tertiary/aromatic N) is 1. The van der Waals surface area contributed by atoms with Crippen molar-refractivity contribution in [2.24, 2.45) is 5.73 Å². The van der Waals surface area contributed by atoms with E-state index in [9.17, 15) is 4.39 Å². The summed E-state index contributed by atoms with van der Waals surface area (Å²) in [5.41, 5.74) is 6.69. The summed E-state index contributed by atoms with van der Waals surface area (Å²) in [4.78, 5) is 4.05. The Morgan fingerprint density at radius 2 is 2.00 bits per heavy atom. The number of rotatable bonds is 2. The van der Waals surface area contributed by atoms with Crippen LogP contribution in [0.25, 0.3) is 0 Å². The summed E-state index contributed by atoms with van der Waals surface area (Å²) in [5, 5.41) is 0.722. The van der Waals surface area contributed by atoms with Gasteiger partial charge in [-0.2, -0.15) is 0 Å². The summed E-state index contributed by atoms with van der Waals surface area (Å²) >= 11 is 15.0. The molecule has 0 fully saturated rings. The molecule has 6 heteroatoms. The molecule has 1 unspecified atom stereocenters. The maximum atomic E-state index is 13.7. The molecule has 0 amide bonds. The van der Waals surface area contributed by atoms with Crippen molar-refractivity contribution in [2.75, 3.05) is 0 Å². The van der Waals surface area contributed by atoms with Crippen molar-refractivity contribution < 1.29 is 4.39 Å². The molecular weight excluding hydrogens is 342 g/mol. The van der Waals surface area contributed by atoms with Gasteiger partial charge < -0.3 is 5.73 Å². The lowest BCUT2D eigenvalue weighted by molar-refractivity contribution is 0.597. The van der Waals surface area contributed by atoms with Gasteiger partial charge in [-0.1, -0.05) is 39.1 Å². The van der Waals surface area contributed by atoms with E-state index < -0.39 is 11.9 Å². The number of halogens is 4. The molecule has 0 spiro atoms. The number of aromatic nitrogens is 1. The van der Waals surface area contributed by atoms with Crippen molar-refractivity contribution >= 4 is 39.1 Å². The first kappa shape index (κ1) is 13.7. The van der Waals surface area contributed by atoms with Gasteiger partial charge in [0.15, 0.2) is 0 Å². The quantitative estimate of drug-likeness (QED) is 0.875. The van der Waals surface area contributed by atoms with Crippen LogP contribution >= 0.6 is 39.1 Å². The fraction of sp³-hybridized carbons (Fsp3) is 0.0833. The van der Waals surface area contributed by atoms with Gasteiger partial charge in [-0.25, -0.2) is 4.39 Å². The van der Waals surface area contributed by atoms with E-state index in [2.05, 4.69) is 20.9 Å². The van der Waals surface area contributed by atoms with E-state index in [1.807, 2.05) is 0 Å². The number of nitrogens with two attached hydrogens (primary N) is 1. The van der Waals surface area contributed by atoms with Crippen molar-refractivity contribution in [2.45, 2.75) is 6.04 Å². The molecule has 0 saturated carbocycles. The van der Waals surface area contributed by atoms with Gasteiger partial charge >= 0.3 is 0 Å². The van der Waals surface area contributed by atoms with Gasteiger partial charge in [0.25, 0.3) is 0 Å². The molecular formula is C12H8BrCl2FN2. The Kier molecular flexibility index (Phi) is 4.22. The lowest BCUT2D eigenvalue weighted by Gasteiger charge is -2.14. The van der Waals surface area contributed by atoms with Crippen LogP contribution < -0.4 is 5.73 Å². The monoisotopic (exact) mass is 348 g/mol. The summed E-state index contributed by atoms with van der Waals surface area (Å²) in [6.07, 6.45) is 1.43. The van der Waals surface area contributed by atoms with E-state index in [0.717, 1.165) is 4.47 Å². The lowest BCUT2D eigenvalue weighted by Crippen LogP contribution is -2.15. The third kappa shape index (κ3) is 2.83. The Balaban J connectivity index is 2.47. The fourth-order valence-corrected chi connectivity index (χ4v) is 2.43. The summed E-state index contributed by atoms with van der Waals surface area (Å²) in [7, 11) is 0. The van der Waals surface area contributed by atoms with Crippen molar-refractivity contribution in [3.63, 3.8) is 0 Å². The predicted molar refractivity (Wildman–Crippen MR) is 74.4 cm³/mol. The molecule has 0 bridgehead atoms. The molecule has 2 rings (SSSR count). The standard InChI is InChI=1S/C12H8BrCl2FN2/c13-6-1-2-10(16)8(3-6)11(17)12-9(15)4-7(14)5-18-12/h1-5,11H,17H2. The predicted octanol–water partition coefficient (Wildman–Crippen LogP) is 4.34. The Morgan fingerprint density at radius 3 is 2.67 bits per heavy atom. The van der Waals surface area contributed by atoms with Crippen molar-refractivity contribution in [3.8, 4) is 0 Å². The Labute approximate surface area is 122 Å². The second-order valence-corrected chi connectivity index (χ2v) is 5.42. The van der Waals surface area contributed by atoms with Gasteiger partial charge in [-0.15, -0.1) is 0 Å². The number of hydrogen-bond donors (Lipinski definition) is 1. The molecule has 0 radical (unpaired) electrons. The summed E-state index contributed by atoms with van der Waals surface area (Å²) in [6.45, 7) is 0. The number of benzene rings is 1. The molecule has 1 heterocycles. The van der Waals surface area contributed by atoms with E-state index in [0.29, 0.717) is 21.3 Å². The normalized spacial score (nSPS) is 12.5. The van der Waals surface area contributed by atoms with E-state index in [4.69, 9.17) is 28.9 Å². The van der Waals surface area contributed by atoms with Crippen molar-refractivity contribution in [1.29, 1.82) is 0 Å². The smallest absolute Gasteiger partial charge is 0.128 e. The molecule has 18 heavy (non-hydrogen) atoms. The Morgan fingerprint density at radius 1 is 1.28 bits per heavy atom. The topological polar surface area (TPSA) is 38.9 Å². The van der Waals surface area contributed by atoms with Crippen LogP contribution in [0.5, 0.6) is 0 Å². The molecule has 0 aliphatic rings. The number of hydrogen-bond acceptors (Lipinski definition) is 2. The summed E-state index contributed by atoms with van der Waals surface area (Å²) in [6, 6.07) is 5.33. The summed E-state index contributed by atoms with van der Waals surface area (Å²) < 4.78 is 14.5. The molecule has 1 aromatic heterocycles. The van der Waals surface area contributed by atoms with Crippen LogP contribution in [0.2, 0.25) is 10.0 Å². The SMILES string of the molecule is NC(c1cc(Br)ccc1F)c1ncc(Cl)cc1Cl. The van der Waals surface area contributed by atoms with Crippen LogP contribution in [-0.2, 0) is 0 Å². The highest BCUT2D eigenvalue weighted by molar-refractivity contribution is 9.10. The third-order valence-corrected chi connectivity index (χ3v) is 3.43. The second kappa shape index (κ2) is 5.53. The molecule has 1 aromatic carbocycles. The highest BCUT2D eigenvalue weighted by Crippen LogP contribution is 2.29. The van der Waals surface area contributed by atoms with Crippen LogP contribution in [-0.4, -0.2) is 4.98 Å². The van der Waals surface area contributed by atoms with Gasteiger partial charge in [0, 0.05) is 16.2 Å².